The monoisotopic (exact) mass is 371 g/mol. The van der Waals surface area contributed by atoms with Crippen LogP contribution in [0.15, 0.2) is 24.4 Å². The lowest BCUT2D eigenvalue weighted by atomic mass is 9.94. The maximum absolute atomic E-state index is 12.4. The number of carbonyl (C=O) groups is 1. The van der Waals surface area contributed by atoms with Gasteiger partial charge in [0.1, 0.15) is 0 Å². The van der Waals surface area contributed by atoms with Crippen LogP contribution in [0.2, 0.25) is 0 Å². The van der Waals surface area contributed by atoms with Gasteiger partial charge in [-0.25, -0.2) is 0 Å². The van der Waals surface area contributed by atoms with E-state index in [2.05, 4.69) is 15.7 Å². The molecule has 1 aliphatic rings. The van der Waals surface area contributed by atoms with Crippen LogP contribution in [0.25, 0.3) is 0 Å². The van der Waals surface area contributed by atoms with E-state index in [9.17, 15) is 14.9 Å². The van der Waals surface area contributed by atoms with Gasteiger partial charge in [0.05, 0.1) is 22.4 Å². The predicted molar refractivity (Wildman–Crippen MR) is 103 cm³/mol. The summed E-state index contributed by atoms with van der Waals surface area (Å²) in [5.74, 6) is 0.293. The van der Waals surface area contributed by atoms with Gasteiger partial charge in [0, 0.05) is 36.4 Å². The van der Waals surface area contributed by atoms with E-state index in [4.69, 9.17) is 0 Å². The van der Waals surface area contributed by atoms with Gasteiger partial charge in [-0.15, -0.1) is 0 Å². The first kappa shape index (κ1) is 18.9. The van der Waals surface area contributed by atoms with Gasteiger partial charge < -0.3 is 10.6 Å². The molecule has 2 N–H and O–H groups in total. The second-order valence-electron chi connectivity index (χ2n) is 7.35. The highest BCUT2D eigenvalue weighted by Gasteiger charge is 2.25. The fraction of sp³-hybridized carbons (Fsp3) is 0.474. The van der Waals surface area contributed by atoms with Crippen molar-refractivity contribution < 1.29 is 9.72 Å². The molecule has 27 heavy (non-hydrogen) atoms. The summed E-state index contributed by atoms with van der Waals surface area (Å²) in [6.07, 6.45) is 3.40. The van der Waals surface area contributed by atoms with Crippen molar-refractivity contribution in [2.24, 2.45) is 5.92 Å². The van der Waals surface area contributed by atoms with Crippen molar-refractivity contribution >= 4 is 17.3 Å². The number of rotatable bonds is 6. The van der Waals surface area contributed by atoms with Crippen LogP contribution in [0.1, 0.15) is 41.9 Å². The van der Waals surface area contributed by atoms with Crippen LogP contribution in [0.4, 0.5) is 11.4 Å². The van der Waals surface area contributed by atoms with Crippen molar-refractivity contribution in [2.45, 2.75) is 46.2 Å². The van der Waals surface area contributed by atoms with Crippen LogP contribution in [-0.2, 0) is 13.0 Å². The number of fused-ring (bicyclic) bond motifs is 1. The zero-order valence-electron chi connectivity index (χ0n) is 15.9. The van der Waals surface area contributed by atoms with Crippen molar-refractivity contribution in [3.05, 3.63) is 51.3 Å². The number of aromatic nitrogens is 2. The first-order valence-electron chi connectivity index (χ1n) is 9.19. The van der Waals surface area contributed by atoms with E-state index in [1.54, 1.807) is 25.3 Å². The Morgan fingerprint density at radius 2 is 2.22 bits per heavy atom. The normalized spacial score (nSPS) is 16.1. The highest BCUT2D eigenvalue weighted by atomic mass is 16.6. The van der Waals surface area contributed by atoms with Gasteiger partial charge in [-0.1, -0.05) is 0 Å². The Labute approximate surface area is 158 Å². The first-order chi connectivity index (χ1) is 12.8. The summed E-state index contributed by atoms with van der Waals surface area (Å²) in [4.78, 5) is 22.9. The van der Waals surface area contributed by atoms with Crippen LogP contribution in [-0.4, -0.2) is 33.2 Å². The number of benzene rings is 1. The van der Waals surface area contributed by atoms with E-state index in [0.29, 0.717) is 17.0 Å². The molecule has 3 rings (SSSR count). The molecular weight excluding hydrogens is 346 g/mol. The number of hydrogen-bond donors (Lipinski definition) is 2. The molecular formula is C19H25N5O3. The molecule has 0 bridgehead atoms. The van der Waals surface area contributed by atoms with Crippen LogP contribution < -0.4 is 10.6 Å². The van der Waals surface area contributed by atoms with E-state index in [0.717, 1.165) is 37.3 Å². The average Bonchev–Trinajstić information content (AvgIpc) is 3.02. The molecule has 1 aliphatic heterocycles. The zero-order valence-corrected chi connectivity index (χ0v) is 15.9. The summed E-state index contributed by atoms with van der Waals surface area (Å²) < 4.78 is 1.92. The maximum atomic E-state index is 12.4. The Kier molecular flexibility index (Phi) is 5.43. The molecule has 1 amide bonds. The molecule has 2 heterocycles. The highest BCUT2D eigenvalue weighted by molar-refractivity contribution is 5.95. The number of anilines is 1. The number of nitrogens with zero attached hydrogens (tertiary/aromatic N) is 3. The van der Waals surface area contributed by atoms with Crippen molar-refractivity contribution in [3.63, 3.8) is 0 Å². The standard InChI is InChI=1S/C19H25N5O3/c1-12(2)22-19(25)16-11-21-23-7-6-14(9-18(16)23)10-20-15-4-5-17(24(26)27)13(3)8-15/h4-5,8,11-12,14,20H,6-7,9-10H2,1-3H3,(H,22,25). The predicted octanol–water partition coefficient (Wildman–Crippen LogP) is 2.91. The van der Waals surface area contributed by atoms with Crippen molar-refractivity contribution in [1.29, 1.82) is 0 Å². The molecule has 8 nitrogen and oxygen atoms in total. The third-order valence-electron chi connectivity index (χ3n) is 4.83. The van der Waals surface area contributed by atoms with Crippen LogP contribution in [0, 0.1) is 23.0 Å². The largest absolute Gasteiger partial charge is 0.385 e. The first-order valence-corrected chi connectivity index (χ1v) is 9.19. The highest BCUT2D eigenvalue weighted by Crippen LogP contribution is 2.25. The molecule has 0 saturated carbocycles. The molecule has 0 aliphatic carbocycles. The number of nitro groups is 1. The number of nitrogens with one attached hydrogen (secondary N) is 2. The maximum Gasteiger partial charge on any atom is 0.272 e. The lowest BCUT2D eigenvalue weighted by Crippen LogP contribution is -2.32. The van der Waals surface area contributed by atoms with Crippen molar-refractivity contribution in [3.8, 4) is 0 Å². The second-order valence-corrected chi connectivity index (χ2v) is 7.35. The molecule has 144 valence electrons. The molecule has 1 atom stereocenters. The van der Waals surface area contributed by atoms with Gasteiger partial charge in [0.15, 0.2) is 0 Å². The molecule has 1 aromatic heterocycles. The summed E-state index contributed by atoms with van der Waals surface area (Å²) in [7, 11) is 0. The summed E-state index contributed by atoms with van der Waals surface area (Å²) in [5, 5.41) is 21.6. The van der Waals surface area contributed by atoms with Gasteiger partial charge >= 0.3 is 0 Å². The molecule has 0 saturated heterocycles. The van der Waals surface area contributed by atoms with E-state index in [-0.39, 0.29) is 22.6 Å². The van der Waals surface area contributed by atoms with E-state index >= 15 is 0 Å². The van der Waals surface area contributed by atoms with Crippen molar-refractivity contribution in [2.75, 3.05) is 11.9 Å². The van der Waals surface area contributed by atoms with Gasteiger partial charge in [-0.05, 0) is 51.7 Å². The topological polar surface area (TPSA) is 102 Å². The van der Waals surface area contributed by atoms with E-state index in [1.165, 1.54) is 6.07 Å². The molecule has 1 unspecified atom stereocenters. The van der Waals surface area contributed by atoms with Gasteiger partial charge in [0.2, 0.25) is 0 Å². The smallest absolute Gasteiger partial charge is 0.272 e. The number of carbonyl (C=O) groups excluding carboxylic acids is 1. The Hall–Kier alpha value is -2.90. The molecule has 0 spiro atoms. The number of amides is 1. The summed E-state index contributed by atoms with van der Waals surface area (Å²) in [6.45, 7) is 7.14. The Bertz CT molecular complexity index is 859. The minimum atomic E-state index is -0.370. The van der Waals surface area contributed by atoms with E-state index in [1.807, 2.05) is 18.5 Å². The number of nitro benzene ring substituents is 1. The summed E-state index contributed by atoms with van der Waals surface area (Å²) in [6, 6.07) is 5.15. The summed E-state index contributed by atoms with van der Waals surface area (Å²) in [5.41, 5.74) is 3.27. The molecule has 0 radical (unpaired) electrons. The third-order valence-corrected chi connectivity index (χ3v) is 4.83. The molecule has 1 aromatic carbocycles. The quantitative estimate of drug-likeness (QED) is 0.600. The fourth-order valence-corrected chi connectivity index (χ4v) is 3.44. The van der Waals surface area contributed by atoms with Gasteiger partial charge in [-0.3, -0.25) is 19.6 Å². The third kappa shape index (κ3) is 4.27. The molecule has 0 fully saturated rings. The van der Waals surface area contributed by atoms with Gasteiger partial charge in [-0.2, -0.15) is 5.10 Å². The SMILES string of the molecule is Cc1cc(NCC2CCn3ncc(C(=O)NC(C)C)c3C2)ccc1[N+](=O)[O-]. The van der Waals surface area contributed by atoms with Crippen molar-refractivity contribution in [1.82, 2.24) is 15.1 Å². The fourth-order valence-electron chi connectivity index (χ4n) is 3.44. The zero-order chi connectivity index (χ0) is 19.6. The Morgan fingerprint density at radius 3 is 2.89 bits per heavy atom. The second kappa shape index (κ2) is 7.77. The lowest BCUT2D eigenvalue weighted by Gasteiger charge is -2.25. The minimum absolute atomic E-state index is 0.0779. The van der Waals surface area contributed by atoms with E-state index < -0.39 is 0 Å². The molecule has 8 heteroatoms. The summed E-state index contributed by atoms with van der Waals surface area (Å²) >= 11 is 0. The lowest BCUT2D eigenvalue weighted by molar-refractivity contribution is -0.385. The van der Waals surface area contributed by atoms with Crippen LogP contribution in [0.5, 0.6) is 0 Å². The molecule has 2 aromatic rings. The van der Waals surface area contributed by atoms with Crippen LogP contribution >= 0.6 is 0 Å². The number of hydrogen-bond acceptors (Lipinski definition) is 5. The minimum Gasteiger partial charge on any atom is -0.385 e. The Balaban J connectivity index is 1.65. The Morgan fingerprint density at radius 1 is 1.44 bits per heavy atom. The average molecular weight is 371 g/mol. The number of aryl methyl sites for hydroxylation is 2. The van der Waals surface area contributed by atoms with Crippen LogP contribution in [0.3, 0.4) is 0 Å². The van der Waals surface area contributed by atoms with Gasteiger partial charge in [0.25, 0.3) is 11.6 Å².